The topological polar surface area (TPSA) is 97.7 Å². The SMILES string of the molecule is O=C(CSc1ccc(Cl)cc1)N/N=C/c1ccc(-c2ccc([N+](=O)[O-])cc2)o1. The number of nitrogens with one attached hydrogen (secondary N) is 1. The first-order valence-electron chi connectivity index (χ1n) is 8.06. The van der Waals surface area contributed by atoms with Crippen LogP contribution in [0.3, 0.4) is 0 Å². The number of hydrogen-bond donors (Lipinski definition) is 1. The summed E-state index contributed by atoms with van der Waals surface area (Å²) < 4.78 is 5.60. The van der Waals surface area contributed by atoms with E-state index in [4.69, 9.17) is 16.0 Å². The minimum absolute atomic E-state index is 0.0104. The predicted molar refractivity (Wildman–Crippen MR) is 109 cm³/mol. The van der Waals surface area contributed by atoms with Gasteiger partial charge in [0.05, 0.1) is 16.9 Å². The lowest BCUT2D eigenvalue weighted by molar-refractivity contribution is -0.384. The minimum atomic E-state index is -0.460. The number of thioether (sulfide) groups is 1. The molecule has 0 saturated heterocycles. The van der Waals surface area contributed by atoms with Crippen LogP contribution in [0.25, 0.3) is 11.3 Å². The first-order valence-corrected chi connectivity index (χ1v) is 9.42. The number of carbonyl (C=O) groups is 1. The summed E-state index contributed by atoms with van der Waals surface area (Å²) in [5, 5.41) is 15.2. The van der Waals surface area contributed by atoms with Crippen molar-refractivity contribution in [3.8, 4) is 11.3 Å². The van der Waals surface area contributed by atoms with Crippen LogP contribution >= 0.6 is 23.4 Å². The van der Waals surface area contributed by atoms with E-state index < -0.39 is 4.92 Å². The molecule has 2 aromatic carbocycles. The summed E-state index contributed by atoms with van der Waals surface area (Å²) in [7, 11) is 0. The Morgan fingerprint density at radius 3 is 2.54 bits per heavy atom. The van der Waals surface area contributed by atoms with Crippen molar-refractivity contribution in [2.45, 2.75) is 4.90 Å². The highest BCUT2D eigenvalue weighted by Crippen LogP contribution is 2.24. The van der Waals surface area contributed by atoms with Gasteiger partial charge >= 0.3 is 0 Å². The standard InChI is InChI=1S/C19H14ClN3O4S/c20-14-3-8-17(9-4-14)28-12-19(24)22-21-11-16-7-10-18(27-16)13-1-5-15(6-2-13)23(25)26/h1-11H,12H2,(H,22,24)/b21-11+. The van der Waals surface area contributed by atoms with Gasteiger partial charge in [-0.1, -0.05) is 11.6 Å². The maximum absolute atomic E-state index is 11.8. The van der Waals surface area contributed by atoms with Crippen molar-refractivity contribution >= 4 is 41.2 Å². The number of amides is 1. The molecule has 28 heavy (non-hydrogen) atoms. The number of nitro groups is 1. The predicted octanol–water partition coefficient (Wildman–Crippen LogP) is 4.75. The molecule has 3 aromatic rings. The fraction of sp³-hybridized carbons (Fsp3) is 0.0526. The van der Waals surface area contributed by atoms with E-state index in [-0.39, 0.29) is 17.3 Å². The highest BCUT2D eigenvalue weighted by molar-refractivity contribution is 8.00. The third kappa shape index (κ3) is 5.45. The van der Waals surface area contributed by atoms with E-state index in [9.17, 15) is 14.9 Å². The Kier molecular flexibility index (Phi) is 6.46. The van der Waals surface area contributed by atoms with Crippen LogP contribution in [0.1, 0.15) is 5.76 Å². The number of hydrogen-bond acceptors (Lipinski definition) is 6. The molecule has 0 atom stereocenters. The fourth-order valence-electron chi connectivity index (χ4n) is 2.20. The smallest absolute Gasteiger partial charge is 0.269 e. The van der Waals surface area contributed by atoms with Crippen LogP contribution in [0.15, 0.2) is 75.1 Å². The van der Waals surface area contributed by atoms with E-state index in [1.807, 2.05) is 12.1 Å². The molecule has 0 unspecified atom stereocenters. The summed E-state index contributed by atoms with van der Waals surface area (Å²) in [6, 6.07) is 16.6. The molecule has 1 N–H and O–H groups in total. The summed E-state index contributed by atoms with van der Waals surface area (Å²) in [6.07, 6.45) is 1.39. The summed E-state index contributed by atoms with van der Waals surface area (Å²) in [5.74, 6) is 0.948. The molecule has 1 amide bonds. The molecular weight excluding hydrogens is 402 g/mol. The van der Waals surface area contributed by atoms with Crippen LogP contribution in [0, 0.1) is 10.1 Å². The van der Waals surface area contributed by atoms with Crippen LogP contribution < -0.4 is 5.43 Å². The Morgan fingerprint density at radius 1 is 1.14 bits per heavy atom. The second-order valence-electron chi connectivity index (χ2n) is 5.54. The lowest BCUT2D eigenvalue weighted by Crippen LogP contribution is -2.19. The van der Waals surface area contributed by atoms with Gasteiger partial charge in [0.2, 0.25) is 5.91 Å². The molecule has 0 spiro atoms. The zero-order chi connectivity index (χ0) is 19.9. The largest absolute Gasteiger partial charge is 0.455 e. The van der Waals surface area contributed by atoms with E-state index in [1.54, 1.807) is 36.4 Å². The molecule has 0 bridgehead atoms. The zero-order valence-corrected chi connectivity index (χ0v) is 15.9. The van der Waals surface area contributed by atoms with Crippen LogP contribution in [0.4, 0.5) is 5.69 Å². The van der Waals surface area contributed by atoms with Crippen molar-refractivity contribution in [1.82, 2.24) is 5.43 Å². The van der Waals surface area contributed by atoms with Gasteiger partial charge in [-0.15, -0.1) is 11.8 Å². The van der Waals surface area contributed by atoms with Gasteiger partial charge in [0, 0.05) is 27.6 Å². The number of furan rings is 1. The Labute approximate surface area is 169 Å². The van der Waals surface area contributed by atoms with Gasteiger partial charge in [0.25, 0.3) is 5.69 Å². The highest BCUT2D eigenvalue weighted by atomic mass is 35.5. The molecular formula is C19H14ClN3O4S. The number of non-ortho nitro benzene ring substituents is 1. The van der Waals surface area contributed by atoms with E-state index in [1.165, 1.54) is 30.1 Å². The molecule has 0 aliphatic carbocycles. The number of nitro benzene ring substituents is 1. The van der Waals surface area contributed by atoms with Crippen LogP contribution in [0.5, 0.6) is 0 Å². The van der Waals surface area contributed by atoms with Gasteiger partial charge in [-0.05, 0) is 48.5 Å². The van der Waals surface area contributed by atoms with E-state index >= 15 is 0 Å². The second kappa shape index (κ2) is 9.20. The number of benzene rings is 2. The van der Waals surface area contributed by atoms with Gasteiger partial charge < -0.3 is 4.42 Å². The molecule has 0 saturated carbocycles. The Morgan fingerprint density at radius 2 is 1.86 bits per heavy atom. The first kappa shape index (κ1) is 19.7. The van der Waals surface area contributed by atoms with Crippen LogP contribution in [-0.4, -0.2) is 22.8 Å². The summed E-state index contributed by atoms with van der Waals surface area (Å²) in [6.45, 7) is 0. The van der Waals surface area contributed by atoms with Crippen molar-refractivity contribution in [3.63, 3.8) is 0 Å². The van der Waals surface area contributed by atoms with Crippen molar-refractivity contribution in [1.29, 1.82) is 0 Å². The molecule has 142 valence electrons. The number of rotatable bonds is 7. The molecule has 0 aliphatic rings. The van der Waals surface area contributed by atoms with Crippen molar-refractivity contribution < 1.29 is 14.1 Å². The third-order valence-corrected chi connectivity index (χ3v) is 4.82. The summed E-state index contributed by atoms with van der Waals surface area (Å²) >= 11 is 7.19. The van der Waals surface area contributed by atoms with E-state index in [2.05, 4.69) is 10.5 Å². The summed E-state index contributed by atoms with van der Waals surface area (Å²) in [5.41, 5.74) is 3.14. The Bertz CT molecular complexity index is 1000. The van der Waals surface area contributed by atoms with Gasteiger partial charge in [-0.3, -0.25) is 14.9 Å². The average Bonchev–Trinajstić information content (AvgIpc) is 3.16. The fourth-order valence-corrected chi connectivity index (χ4v) is 3.02. The number of halogens is 1. The lowest BCUT2D eigenvalue weighted by atomic mass is 10.1. The normalized spacial score (nSPS) is 10.9. The molecule has 3 rings (SSSR count). The lowest BCUT2D eigenvalue weighted by Gasteiger charge is -2.00. The molecule has 1 heterocycles. The number of carbonyl (C=O) groups excluding carboxylic acids is 1. The molecule has 9 heteroatoms. The third-order valence-electron chi connectivity index (χ3n) is 3.55. The van der Waals surface area contributed by atoms with Crippen LogP contribution in [0.2, 0.25) is 5.02 Å². The highest BCUT2D eigenvalue weighted by Gasteiger charge is 2.08. The summed E-state index contributed by atoms with van der Waals surface area (Å²) in [4.78, 5) is 23.0. The maximum atomic E-state index is 11.8. The van der Waals surface area contributed by atoms with Gasteiger partial charge in [-0.2, -0.15) is 5.10 Å². The van der Waals surface area contributed by atoms with Crippen LogP contribution in [-0.2, 0) is 4.79 Å². The molecule has 0 aliphatic heterocycles. The second-order valence-corrected chi connectivity index (χ2v) is 7.03. The minimum Gasteiger partial charge on any atom is -0.455 e. The quantitative estimate of drug-likeness (QED) is 0.260. The average molecular weight is 416 g/mol. The van der Waals surface area contributed by atoms with Gasteiger partial charge in [0.1, 0.15) is 11.5 Å². The van der Waals surface area contributed by atoms with Gasteiger partial charge in [-0.25, -0.2) is 5.43 Å². The van der Waals surface area contributed by atoms with E-state index in [0.717, 1.165) is 4.90 Å². The molecule has 7 nitrogen and oxygen atoms in total. The van der Waals surface area contributed by atoms with Crippen molar-refractivity contribution in [2.24, 2.45) is 5.10 Å². The Balaban J connectivity index is 1.51. The maximum Gasteiger partial charge on any atom is 0.269 e. The molecule has 1 aromatic heterocycles. The first-order chi connectivity index (χ1) is 13.5. The monoisotopic (exact) mass is 415 g/mol. The van der Waals surface area contributed by atoms with Crippen molar-refractivity contribution in [2.75, 3.05) is 5.75 Å². The zero-order valence-electron chi connectivity index (χ0n) is 14.4. The Hall–Kier alpha value is -3.10. The molecule has 0 fully saturated rings. The van der Waals surface area contributed by atoms with E-state index in [0.29, 0.717) is 22.1 Å². The molecule has 0 radical (unpaired) electrons. The van der Waals surface area contributed by atoms with Gasteiger partial charge in [0.15, 0.2) is 0 Å². The number of nitrogens with zero attached hydrogens (tertiary/aromatic N) is 2. The number of hydrazone groups is 1. The van der Waals surface area contributed by atoms with Crippen molar-refractivity contribution in [3.05, 3.63) is 81.6 Å².